The molecule has 5 heteroatoms. The zero-order chi connectivity index (χ0) is 12.6. The molecule has 0 aliphatic rings. The minimum absolute atomic E-state index is 0.511. The van der Waals surface area contributed by atoms with Crippen molar-refractivity contribution in [1.82, 2.24) is 9.97 Å². The molecule has 0 aliphatic heterocycles. The summed E-state index contributed by atoms with van der Waals surface area (Å²) in [6.07, 6.45) is 4.57. The van der Waals surface area contributed by atoms with Gasteiger partial charge in [-0.3, -0.25) is 0 Å². The first-order valence-electron chi connectivity index (χ1n) is 5.93. The minimum Gasteiger partial charge on any atom is -0.493 e. The summed E-state index contributed by atoms with van der Waals surface area (Å²) in [6, 6.07) is 7.89. The van der Waals surface area contributed by atoms with E-state index >= 15 is 0 Å². The molecule has 0 fully saturated rings. The normalized spacial score (nSPS) is 10.5. The lowest BCUT2D eigenvalue weighted by molar-refractivity contribution is 0.315. The van der Waals surface area contributed by atoms with E-state index in [1.165, 1.54) is 0 Å². The zero-order valence-corrected chi connectivity index (χ0v) is 11.0. The third-order valence-electron chi connectivity index (χ3n) is 2.45. The summed E-state index contributed by atoms with van der Waals surface area (Å²) in [5.74, 6) is 1.88. The highest BCUT2D eigenvalue weighted by molar-refractivity contribution is 7.99. The van der Waals surface area contributed by atoms with Gasteiger partial charge in [0.05, 0.1) is 6.61 Å². The number of nitrogens with two attached hydrogens (primary N) is 1. The number of aromatic nitrogens is 2. The van der Waals surface area contributed by atoms with Gasteiger partial charge in [0.25, 0.3) is 0 Å². The lowest BCUT2D eigenvalue weighted by atomic mass is 10.2. The molecule has 0 radical (unpaired) electrons. The molecule has 96 valence electrons. The summed E-state index contributed by atoms with van der Waals surface area (Å²) in [7, 11) is 0. The number of aromatic amines is 1. The summed E-state index contributed by atoms with van der Waals surface area (Å²) in [5.41, 5.74) is 6.70. The van der Waals surface area contributed by atoms with Gasteiger partial charge >= 0.3 is 0 Å². The lowest BCUT2D eigenvalue weighted by Gasteiger charge is -2.09. The van der Waals surface area contributed by atoms with Gasteiger partial charge < -0.3 is 15.5 Å². The van der Waals surface area contributed by atoms with Gasteiger partial charge in [-0.25, -0.2) is 4.98 Å². The Hall–Kier alpha value is -1.46. The van der Waals surface area contributed by atoms with Crippen molar-refractivity contribution >= 4 is 11.8 Å². The maximum absolute atomic E-state index is 5.72. The van der Waals surface area contributed by atoms with Crippen molar-refractivity contribution in [2.75, 3.05) is 12.4 Å². The smallest absolute Gasteiger partial charge is 0.165 e. The Morgan fingerprint density at radius 1 is 1.33 bits per heavy atom. The molecule has 2 rings (SSSR count). The summed E-state index contributed by atoms with van der Waals surface area (Å²) >= 11 is 1.70. The van der Waals surface area contributed by atoms with E-state index < -0.39 is 0 Å². The first kappa shape index (κ1) is 13.0. The van der Waals surface area contributed by atoms with Gasteiger partial charge in [-0.1, -0.05) is 30.0 Å². The van der Waals surface area contributed by atoms with Crippen LogP contribution in [0.5, 0.6) is 5.75 Å². The Morgan fingerprint density at radius 3 is 3.00 bits per heavy atom. The molecule has 0 aliphatic carbocycles. The molecular weight excluding hydrogens is 246 g/mol. The van der Waals surface area contributed by atoms with Gasteiger partial charge in [-0.2, -0.15) is 0 Å². The fourth-order valence-corrected chi connectivity index (χ4v) is 2.30. The standard InChI is InChI=1S/C13H17N3OS/c14-10-11-4-1-2-5-12(11)17-8-3-9-18-13-15-6-7-16-13/h1-2,4-7H,3,8-10,14H2,(H,15,16). The molecule has 0 saturated carbocycles. The van der Waals surface area contributed by atoms with Crippen LogP contribution >= 0.6 is 11.8 Å². The van der Waals surface area contributed by atoms with Crippen molar-refractivity contribution in [3.63, 3.8) is 0 Å². The number of thioether (sulfide) groups is 1. The van der Waals surface area contributed by atoms with E-state index in [0.717, 1.165) is 28.6 Å². The Kier molecular flexibility index (Phi) is 5.11. The van der Waals surface area contributed by atoms with Crippen LogP contribution in [0.1, 0.15) is 12.0 Å². The second-order valence-electron chi connectivity index (χ2n) is 3.76. The Labute approximate surface area is 111 Å². The van der Waals surface area contributed by atoms with E-state index in [1.54, 1.807) is 18.0 Å². The van der Waals surface area contributed by atoms with Crippen LogP contribution in [0.25, 0.3) is 0 Å². The van der Waals surface area contributed by atoms with Crippen LogP contribution in [0.4, 0.5) is 0 Å². The second kappa shape index (κ2) is 7.08. The maximum atomic E-state index is 5.72. The fourth-order valence-electron chi connectivity index (χ4n) is 1.55. The fraction of sp³-hybridized carbons (Fsp3) is 0.308. The van der Waals surface area contributed by atoms with Crippen LogP contribution in [-0.4, -0.2) is 22.3 Å². The molecule has 2 aromatic rings. The number of hydrogen-bond donors (Lipinski definition) is 2. The van der Waals surface area contributed by atoms with E-state index in [4.69, 9.17) is 10.5 Å². The molecule has 3 N–H and O–H groups in total. The Morgan fingerprint density at radius 2 is 2.22 bits per heavy atom. The van der Waals surface area contributed by atoms with Crippen molar-refractivity contribution in [2.45, 2.75) is 18.1 Å². The third kappa shape index (κ3) is 3.78. The molecule has 1 heterocycles. The molecule has 18 heavy (non-hydrogen) atoms. The average Bonchev–Trinajstić information content (AvgIpc) is 2.92. The molecule has 0 atom stereocenters. The van der Waals surface area contributed by atoms with Crippen LogP contribution in [0.15, 0.2) is 41.8 Å². The predicted octanol–water partition coefficient (Wildman–Crippen LogP) is 2.43. The first-order chi connectivity index (χ1) is 8.90. The molecule has 0 amide bonds. The quantitative estimate of drug-likeness (QED) is 0.595. The number of benzene rings is 1. The van der Waals surface area contributed by atoms with Crippen LogP contribution < -0.4 is 10.5 Å². The van der Waals surface area contributed by atoms with Crippen LogP contribution in [-0.2, 0) is 6.54 Å². The van der Waals surface area contributed by atoms with Gasteiger partial charge in [0.1, 0.15) is 5.75 Å². The topological polar surface area (TPSA) is 63.9 Å². The maximum Gasteiger partial charge on any atom is 0.165 e. The van der Waals surface area contributed by atoms with E-state index in [-0.39, 0.29) is 0 Å². The summed E-state index contributed by atoms with van der Waals surface area (Å²) in [6.45, 7) is 1.21. The Balaban J connectivity index is 1.69. The number of hydrogen-bond acceptors (Lipinski definition) is 4. The number of para-hydroxylation sites is 1. The van der Waals surface area contributed by atoms with E-state index in [1.807, 2.05) is 30.5 Å². The summed E-state index contributed by atoms with van der Waals surface area (Å²) < 4.78 is 5.72. The van der Waals surface area contributed by atoms with Crippen molar-refractivity contribution in [3.05, 3.63) is 42.2 Å². The van der Waals surface area contributed by atoms with Crippen molar-refractivity contribution in [1.29, 1.82) is 0 Å². The number of imidazole rings is 1. The number of rotatable bonds is 7. The molecule has 0 saturated heterocycles. The number of ether oxygens (including phenoxy) is 1. The first-order valence-corrected chi connectivity index (χ1v) is 6.91. The minimum atomic E-state index is 0.511. The molecule has 0 bridgehead atoms. The van der Waals surface area contributed by atoms with Gasteiger partial charge in [0.15, 0.2) is 5.16 Å². The highest BCUT2D eigenvalue weighted by Gasteiger charge is 2.01. The van der Waals surface area contributed by atoms with Gasteiger partial charge in [-0.05, 0) is 12.5 Å². The number of nitrogens with zero attached hydrogens (tertiary/aromatic N) is 1. The molecule has 0 spiro atoms. The van der Waals surface area contributed by atoms with E-state index in [0.29, 0.717) is 13.2 Å². The number of H-pyrrole nitrogens is 1. The Bertz CT molecular complexity index is 459. The largest absolute Gasteiger partial charge is 0.493 e. The summed E-state index contributed by atoms with van der Waals surface area (Å²) in [4.78, 5) is 7.21. The molecular formula is C13H17N3OS. The SMILES string of the molecule is NCc1ccccc1OCCCSc1ncc[nH]1. The third-order valence-corrected chi connectivity index (χ3v) is 3.44. The van der Waals surface area contributed by atoms with E-state index in [9.17, 15) is 0 Å². The van der Waals surface area contributed by atoms with Crippen LogP contribution in [0, 0.1) is 0 Å². The van der Waals surface area contributed by atoms with Crippen LogP contribution in [0.2, 0.25) is 0 Å². The van der Waals surface area contributed by atoms with E-state index in [2.05, 4.69) is 9.97 Å². The van der Waals surface area contributed by atoms with Gasteiger partial charge in [0.2, 0.25) is 0 Å². The highest BCUT2D eigenvalue weighted by Crippen LogP contribution is 2.18. The van der Waals surface area contributed by atoms with Gasteiger partial charge in [0, 0.05) is 30.3 Å². The van der Waals surface area contributed by atoms with Crippen molar-refractivity contribution in [3.8, 4) is 5.75 Å². The van der Waals surface area contributed by atoms with Crippen molar-refractivity contribution < 1.29 is 4.74 Å². The molecule has 1 aromatic carbocycles. The van der Waals surface area contributed by atoms with Crippen LogP contribution in [0.3, 0.4) is 0 Å². The lowest BCUT2D eigenvalue weighted by Crippen LogP contribution is -2.04. The molecule has 1 aromatic heterocycles. The predicted molar refractivity (Wildman–Crippen MR) is 73.8 cm³/mol. The summed E-state index contributed by atoms with van der Waals surface area (Å²) in [5, 5.41) is 0.956. The van der Waals surface area contributed by atoms with Crippen molar-refractivity contribution in [2.24, 2.45) is 5.73 Å². The average molecular weight is 263 g/mol. The van der Waals surface area contributed by atoms with Gasteiger partial charge in [-0.15, -0.1) is 0 Å². The molecule has 0 unspecified atom stereocenters. The number of nitrogens with one attached hydrogen (secondary N) is 1. The monoisotopic (exact) mass is 263 g/mol. The molecule has 4 nitrogen and oxygen atoms in total. The highest BCUT2D eigenvalue weighted by atomic mass is 32.2. The second-order valence-corrected chi connectivity index (χ2v) is 4.84. The zero-order valence-electron chi connectivity index (χ0n) is 10.1.